The van der Waals surface area contributed by atoms with Crippen molar-refractivity contribution in [3.05, 3.63) is 76.8 Å². The van der Waals surface area contributed by atoms with Crippen LogP contribution in [0.3, 0.4) is 0 Å². The normalized spacial score (nSPS) is 10.7. The second-order valence-corrected chi connectivity index (χ2v) is 6.62. The van der Waals surface area contributed by atoms with E-state index < -0.39 is 11.7 Å². The van der Waals surface area contributed by atoms with E-state index in [-0.39, 0.29) is 10.7 Å². The SMILES string of the molecule is CC(C)c1ccccc1Nc1nccc(C(=O)Nc2ccc(F)c(Cl)c2)n1. The van der Waals surface area contributed by atoms with Gasteiger partial charge in [-0.1, -0.05) is 43.6 Å². The van der Waals surface area contributed by atoms with E-state index in [4.69, 9.17) is 11.6 Å². The molecule has 0 atom stereocenters. The Morgan fingerprint density at radius 3 is 2.67 bits per heavy atom. The zero-order chi connectivity index (χ0) is 19.4. The van der Waals surface area contributed by atoms with Gasteiger partial charge in [0.15, 0.2) is 0 Å². The third kappa shape index (κ3) is 4.60. The van der Waals surface area contributed by atoms with Crippen LogP contribution in [0.25, 0.3) is 0 Å². The quantitative estimate of drug-likeness (QED) is 0.619. The number of nitrogens with one attached hydrogen (secondary N) is 2. The number of carbonyl (C=O) groups is 1. The molecule has 3 aromatic rings. The summed E-state index contributed by atoms with van der Waals surface area (Å²) in [5.74, 6) is -0.358. The van der Waals surface area contributed by atoms with Gasteiger partial charge in [-0.15, -0.1) is 0 Å². The fourth-order valence-corrected chi connectivity index (χ4v) is 2.73. The fraction of sp³-hybridized carbons (Fsp3) is 0.150. The van der Waals surface area contributed by atoms with Crippen molar-refractivity contribution in [1.29, 1.82) is 0 Å². The van der Waals surface area contributed by atoms with Crippen LogP contribution in [0.4, 0.5) is 21.7 Å². The molecule has 0 fully saturated rings. The number of halogens is 2. The standard InChI is InChI=1S/C20H18ClFN4O/c1-12(2)14-5-3-4-6-17(14)25-20-23-10-9-18(26-20)19(27)24-13-7-8-16(22)15(21)11-13/h3-12H,1-2H3,(H,24,27)(H,23,25,26). The monoisotopic (exact) mass is 384 g/mol. The average molecular weight is 385 g/mol. The van der Waals surface area contributed by atoms with Crippen LogP contribution in [0.15, 0.2) is 54.7 Å². The van der Waals surface area contributed by atoms with E-state index in [2.05, 4.69) is 34.4 Å². The van der Waals surface area contributed by atoms with E-state index in [1.807, 2.05) is 24.3 Å². The second kappa shape index (κ2) is 8.14. The van der Waals surface area contributed by atoms with E-state index in [9.17, 15) is 9.18 Å². The zero-order valence-corrected chi connectivity index (χ0v) is 15.6. The lowest BCUT2D eigenvalue weighted by Gasteiger charge is -2.13. The minimum Gasteiger partial charge on any atom is -0.324 e. The summed E-state index contributed by atoms with van der Waals surface area (Å²) in [7, 11) is 0. The van der Waals surface area contributed by atoms with Gasteiger partial charge in [-0.25, -0.2) is 14.4 Å². The van der Waals surface area contributed by atoms with Crippen molar-refractivity contribution >= 4 is 34.8 Å². The van der Waals surface area contributed by atoms with Gasteiger partial charge in [0.1, 0.15) is 11.5 Å². The second-order valence-electron chi connectivity index (χ2n) is 6.22. The Labute approximate surface area is 161 Å². The molecule has 0 aliphatic carbocycles. The summed E-state index contributed by atoms with van der Waals surface area (Å²) in [6.45, 7) is 4.19. The number of nitrogens with zero attached hydrogens (tertiary/aromatic N) is 2. The summed E-state index contributed by atoms with van der Waals surface area (Å²) in [5, 5.41) is 5.73. The molecule has 0 spiro atoms. The lowest BCUT2D eigenvalue weighted by atomic mass is 10.0. The Morgan fingerprint density at radius 1 is 1.15 bits per heavy atom. The van der Waals surface area contributed by atoms with Crippen molar-refractivity contribution in [1.82, 2.24) is 9.97 Å². The molecular weight excluding hydrogens is 367 g/mol. The first-order valence-corrected chi connectivity index (χ1v) is 8.77. The molecule has 0 radical (unpaired) electrons. The number of aromatic nitrogens is 2. The Kier molecular flexibility index (Phi) is 5.66. The number of amides is 1. The predicted molar refractivity (Wildman–Crippen MR) is 105 cm³/mol. The number of anilines is 3. The van der Waals surface area contributed by atoms with Crippen molar-refractivity contribution in [2.24, 2.45) is 0 Å². The summed E-state index contributed by atoms with van der Waals surface area (Å²) >= 11 is 5.74. The molecule has 3 rings (SSSR count). The van der Waals surface area contributed by atoms with Crippen LogP contribution in [0, 0.1) is 5.82 Å². The highest BCUT2D eigenvalue weighted by Gasteiger charge is 2.12. The maximum atomic E-state index is 13.2. The first-order chi connectivity index (χ1) is 12.9. The molecule has 0 saturated heterocycles. The topological polar surface area (TPSA) is 66.9 Å². The Hall–Kier alpha value is -2.99. The summed E-state index contributed by atoms with van der Waals surface area (Å²) in [4.78, 5) is 20.9. The lowest BCUT2D eigenvalue weighted by molar-refractivity contribution is 0.102. The number of rotatable bonds is 5. The fourth-order valence-electron chi connectivity index (χ4n) is 2.55. The number of hydrogen-bond donors (Lipinski definition) is 2. The van der Waals surface area contributed by atoms with E-state index in [1.54, 1.807) is 0 Å². The van der Waals surface area contributed by atoms with Gasteiger partial charge in [0, 0.05) is 17.6 Å². The molecule has 0 saturated carbocycles. The van der Waals surface area contributed by atoms with Crippen molar-refractivity contribution in [2.75, 3.05) is 10.6 Å². The van der Waals surface area contributed by atoms with Crippen molar-refractivity contribution in [2.45, 2.75) is 19.8 Å². The van der Waals surface area contributed by atoms with Crippen LogP contribution in [0.2, 0.25) is 5.02 Å². The molecule has 2 N–H and O–H groups in total. The summed E-state index contributed by atoms with van der Waals surface area (Å²) in [6, 6.07) is 13.3. The molecule has 138 valence electrons. The number of carbonyl (C=O) groups excluding carboxylic acids is 1. The van der Waals surface area contributed by atoms with Crippen LogP contribution in [-0.2, 0) is 0 Å². The zero-order valence-electron chi connectivity index (χ0n) is 14.8. The molecule has 1 amide bonds. The van der Waals surface area contributed by atoms with Crippen LogP contribution < -0.4 is 10.6 Å². The van der Waals surface area contributed by atoms with Gasteiger partial charge in [-0.2, -0.15) is 0 Å². The molecule has 1 heterocycles. The third-order valence-electron chi connectivity index (χ3n) is 3.89. The number of benzene rings is 2. The first kappa shape index (κ1) is 18.8. The highest BCUT2D eigenvalue weighted by Crippen LogP contribution is 2.25. The first-order valence-electron chi connectivity index (χ1n) is 8.39. The number of para-hydroxylation sites is 1. The van der Waals surface area contributed by atoms with Gasteiger partial charge in [-0.05, 0) is 41.8 Å². The summed E-state index contributed by atoms with van der Waals surface area (Å²) < 4.78 is 13.2. The summed E-state index contributed by atoms with van der Waals surface area (Å²) in [6.07, 6.45) is 1.50. The van der Waals surface area contributed by atoms with Gasteiger partial charge in [-0.3, -0.25) is 4.79 Å². The minimum atomic E-state index is -0.549. The molecule has 0 aliphatic heterocycles. The van der Waals surface area contributed by atoms with E-state index in [0.29, 0.717) is 17.6 Å². The maximum absolute atomic E-state index is 13.2. The van der Waals surface area contributed by atoms with Crippen molar-refractivity contribution in [3.63, 3.8) is 0 Å². The van der Waals surface area contributed by atoms with Crippen LogP contribution >= 0.6 is 11.6 Å². The smallest absolute Gasteiger partial charge is 0.274 e. The van der Waals surface area contributed by atoms with Crippen LogP contribution in [-0.4, -0.2) is 15.9 Å². The van der Waals surface area contributed by atoms with Gasteiger partial charge in [0.25, 0.3) is 5.91 Å². The van der Waals surface area contributed by atoms with E-state index in [1.165, 1.54) is 30.5 Å². The predicted octanol–water partition coefficient (Wildman–Crippen LogP) is 5.39. The molecule has 7 heteroatoms. The minimum absolute atomic E-state index is 0.0665. The molecule has 5 nitrogen and oxygen atoms in total. The Balaban J connectivity index is 1.79. The van der Waals surface area contributed by atoms with Gasteiger partial charge < -0.3 is 10.6 Å². The highest BCUT2D eigenvalue weighted by atomic mass is 35.5. The molecule has 27 heavy (non-hydrogen) atoms. The molecule has 0 bridgehead atoms. The van der Waals surface area contributed by atoms with Gasteiger partial charge >= 0.3 is 0 Å². The molecule has 2 aromatic carbocycles. The van der Waals surface area contributed by atoms with Crippen molar-refractivity contribution in [3.8, 4) is 0 Å². The van der Waals surface area contributed by atoms with Gasteiger partial charge in [0.05, 0.1) is 5.02 Å². The molecule has 1 aromatic heterocycles. The molecule has 0 unspecified atom stereocenters. The molecule has 0 aliphatic rings. The lowest BCUT2D eigenvalue weighted by Crippen LogP contribution is -2.15. The maximum Gasteiger partial charge on any atom is 0.274 e. The van der Waals surface area contributed by atoms with Crippen LogP contribution in [0.5, 0.6) is 0 Å². The Bertz CT molecular complexity index is 978. The summed E-state index contributed by atoms with van der Waals surface area (Å²) in [5.41, 5.74) is 2.56. The average Bonchev–Trinajstić information content (AvgIpc) is 2.65. The largest absolute Gasteiger partial charge is 0.324 e. The molecular formula is C20H18ClFN4O. The van der Waals surface area contributed by atoms with Crippen molar-refractivity contribution < 1.29 is 9.18 Å². The van der Waals surface area contributed by atoms with Crippen LogP contribution in [0.1, 0.15) is 35.8 Å². The number of hydrogen-bond acceptors (Lipinski definition) is 4. The van der Waals surface area contributed by atoms with Gasteiger partial charge in [0.2, 0.25) is 5.95 Å². The highest BCUT2D eigenvalue weighted by molar-refractivity contribution is 6.31. The Morgan fingerprint density at radius 2 is 1.93 bits per heavy atom. The van der Waals surface area contributed by atoms with E-state index >= 15 is 0 Å². The third-order valence-corrected chi connectivity index (χ3v) is 4.18. The van der Waals surface area contributed by atoms with E-state index in [0.717, 1.165) is 11.3 Å².